The summed E-state index contributed by atoms with van der Waals surface area (Å²) >= 11 is 0. The molecule has 0 bridgehead atoms. The van der Waals surface area contributed by atoms with E-state index < -0.39 is 10.0 Å². The number of fused-ring (bicyclic) bond motifs is 1. The van der Waals surface area contributed by atoms with E-state index in [9.17, 15) is 13.2 Å². The predicted octanol–water partition coefficient (Wildman–Crippen LogP) is 2.74. The standard InChI is InChI=1S/C22H24N4O3S/c1-15-20(16(2)26(24-15)19-7-5-4-6-8-19)14-23-22(27)18-9-10-21-17(13-18)11-12-25(21)30(3,28)29/h4-10,13H,11-12,14H2,1-3H3,(H,23,27). The molecular formula is C22H24N4O3S. The molecule has 0 aliphatic carbocycles. The zero-order chi connectivity index (χ0) is 21.5. The molecule has 1 amide bonds. The van der Waals surface area contributed by atoms with Crippen molar-refractivity contribution in [2.75, 3.05) is 17.1 Å². The van der Waals surface area contributed by atoms with E-state index >= 15 is 0 Å². The summed E-state index contributed by atoms with van der Waals surface area (Å²) in [5, 5.41) is 7.58. The highest BCUT2D eigenvalue weighted by Gasteiger charge is 2.26. The molecule has 1 aromatic heterocycles. The number of carbonyl (C=O) groups is 1. The molecule has 2 aromatic carbocycles. The predicted molar refractivity (Wildman–Crippen MR) is 117 cm³/mol. The van der Waals surface area contributed by atoms with Gasteiger partial charge in [-0.15, -0.1) is 0 Å². The first-order chi connectivity index (χ1) is 14.3. The topological polar surface area (TPSA) is 84.3 Å². The summed E-state index contributed by atoms with van der Waals surface area (Å²) in [4.78, 5) is 12.7. The van der Waals surface area contributed by atoms with E-state index in [1.54, 1.807) is 18.2 Å². The minimum Gasteiger partial charge on any atom is -0.348 e. The Morgan fingerprint density at radius 3 is 2.57 bits per heavy atom. The summed E-state index contributed by atoms with van der Waals surface area (Å²) in [6.07, 6.45) is 1.80. The Labute approximate surface area is 176 Å². The van der Waals surface area contributed by atoms with Crippen LogP contribution in [-0.2, 0) is 23.0 Å². The molecule has 30 heavy (non-hydrogen) atoms. The zero-order valence-electron chi connectivity index (χ0n) is 17.2. The van der Waals surface area contributed by atoms with Gasteiger partial charge in [-0.05, 0) is 56.2 Å². The van der Waals surface area contributed by atoms with Crippen molar-refractivity contribution < 1.29 is 13.2 Å². The molecule has 0 radical (unpaired) electrons. The average Bonchev–Trinajstić information content (AvgIpc) is 3.27. The third-order valence-corrected chi connectivity index (χ3v) is 6.64. The molecule has 0 saturated heterocycles. The van der Waals surface area contributed by atoms with Crippen molar-refractivity contribution in [3.63, 3.8) is 0 Å². The number of aryl methyl sites for hydroxylation is 1. The lowest BCUT2D eigenvalue weighted by Crippen LogP contribution is -2.27. The van der Waals surface area contributed by atoms with Crippen LogP contribution in [0.4, 0.5) is 5.69 Å². The summed E-state index contributed by atoms with van der Waals surface area (Å²) in [6, 6.07) is 15.0. The van der Waals surface area contributed by atoms with Crippen LogP contribution >= 0.6 is 0 Å². The minimum atomic E-state index is -3.30. The van der Waals surface area contributed by atoms with Gasteiger partial charge >= 0.3 is 0 Å². The summed E-state index contributed by atoms with van der Waals surface area (Å²) < 4.78 is 27.0. The molecule has 0 spiro atoms. The van der Waals surface area contributed by atoms with Crippen LogP contribution < -0.4 is 9.62 Å². The minimum absolute atomic E-state index is 0.193. The van der Waals surface area contributed by atoms with Crippen LogP contribution in [0, 0.1) is 13.8 Å². The van der Waals surface area contributed by atoms with Gasteiger partial charge in [-0.2, -0.15) is 5.10 Å². The first-order valence-electron chi connectivity index (χ1n) is 9.75. The number of nitrogens with zero attached hydrogens (tertiary/aromatic N) is 3. The Balaban J connectivity index is 1.51. The van der Waals surface area contributed by atoms with Crippen molar-refractivity contribution >= 4 is 21.6 Å². The molecule has 8 heteroatoms. The number of amides is 1. The summed E-state index contributed by atoms with van der Waals surface area (Å²) in [7, 11) is -3.30. The van der Waals surface area contributed by atoms with Crippen molar-refractivity contribution in [2.24, 2.45) is 0 Å². The molecule has 2 heterocycles. The highest BCUT2D eigenvalue weighted by atomic mass is 32.2. The van der Waals surface area contributed by atoms with Gasteiger partial charge in [0.2, 0.25) is 10.0 Å². The van der Waals surface area contributed by atoms with Crippen LogP contribution in [0.2, 0.25) is 0 Å². The fourth-order valence-corrected chi connectivity index (χ4v) is 4.84. The molecule has 3 aromatic rings. The van der Waals surface area contributed by atoms with Crippen molar-refractivity contribution in [2.45, 2.75) is 26.8 Å². The molecular weight excluding hydrogens is 400 g/mol. The molecule has 7 nitrogen and oxygen atoms in total. The first kappa shape index (κ1) is 20.2. The normalized spacial score (nSPS) is 13.4. The van der Waals surface area contributed by atoms with E-state index in [0.717, 1.165) is 28.2 Å². The number of benzene rings is 2. The van der Waals surface area contributed by atoms with Gasteiger partial charge in [0.25, 0.3) is 5.91 Å². The monoisotopic (exact) mass is 424 g/mol. The largest absolute Gasteiger partial charge is 0.348 e. The SMILES string of the molecule is Cc1nn(-c2ccccc2)c(C)c1CNC(=O)c1ccc2c(c1)CCN2S(C)(=O)=O. The highest BCUT2D eigenvalue weighted by Crippen LogP contribution is 2.30. The number of hydrogen-bond donors (Lipinski definition) is 1. The zero-order valence-corrected chi connectivity index (χ0v) is 18.0. The van der Waals surface area contributed by atoms with Gasteiger partial charge in [-0.1, -0.05) is 18.2 Å². The maximum Gasteiger partial charge on any atom is 0.251 e. The van der Waals surface area contributed by atoms with Crippen LogP contribution in [0.25, 0.3) is 5.69 Å². The molecule has 1 N–H and O–H groups in total. The summed E-state index contributed by atoms with van der Waals surface area (Å²) in [5.41, 5.74) is 5.87. The van der Waals surface area contributed by atoms with E-state index in [4.69, 9.17) is 0 Å². The average molecular weight is 425 g/mol. The van der Waals surface area contributed by atoms with Crippen LogP contribution in [0.1, 0.15) is 32.9 Å². The molecule has 1 aliphatic rings. The van der Waals surface area contributed by atoms with Crippen LogP contribution in [0.3, 0.4) is 0 Å². The van der Waals surface area contributed by atoms with E-state index in [0.29, 0.717) is 30.8 Å². The summed E-state index contributed by atoms with van der Waals surface area (Å²) in [6.45, 7) is 4.71. The van der Waals surface area contributed by atoms with Gasteiger partial charge in [0.15, 0.2) is 0 Å². The molecule has 0 saturated carbocycles. The lowest BCUT2D eigenvalue weighted by atomic mass is 10.1. The highest BCUT2D eigenvalue weighted by molar-refractivity contribution is 7.92. The smallest absolute Gasteiger partial charge is 0.251 e. The van der Waals surface area contributed by atoms with Gasteiger partial charge in [0.05, 0.1) is 23.3 Å². The van der Waals surface area contributed by atoms with Crippen molar-refractivity contribution in [1.29, 1.82) is 0 Å². The first-order valence-corrected chi connectivity index (χ1v) is 11.6. The number of aromatic nitrogens is 2. The van der Waals surface area contributed by atoms with Crippen LogP contribution in [0.5, 0.6) is 0 Å². The Hall–Kier alpha value is -3.13. The van der Waals surface area contributed by atoms with Crippen molar-refractivity contribution in [3.8, 4) is 5.69 Å². The lowest BCUT2D eigenvalue weighted by Gasteiger charge is -2.16. The fraction of sp³-hybridized carbons (Fsp3) is 0.273. The van der Waals surface area contributed by atoms with Gasteiger partial charge < -0.3 is 5.32 Å². The lowest BCUT2D eigenvalue weighted by molar-refractivity contribution is 0.0951. The number of hydrogen-bond acceptors (Lipinski definition) is 4. The van der Waals surface area contributed by atoms with Gasteiger partial charge in [-0.25, -0.2) is 13.1 Å². The maximum atomic E-state index is 12.7. The Morgan fingerprint density at radius 2 is 1.87 bits per heavy atom. The van der Waals surface area contributed by atoms with Crippen LogP contribution in [0.15, 0.2) is 48.5 Å². The number of para-hydroxylation sites is 1. The number of carbonyl (C=O) groups excluding carboxylic acids is 1. The summed E-state index contributed by atoms with van der Waals surface area (Å²) in [5.74, 6) is -0.193. The second-order valence-corrected chi connectivity index (χ2v) is 9.41. The Bertz CT molecular complexity index is 1220. The number of anilines is 1. The fourth-order valence-electron chi connectivity index (χ4n) is 3.88. The molecule has 4 rings (SSSR count). The van der Waals surface area contributed by atoms with Gasteiger partial charge in [-0.3, -0.25) is 9.10 Å². The van der Waals surface area contributed by atoms with Crippen molar-refractivity contribution in [3.05, 3.63) is 76.6 Å². The maximum absolute atomic E-state index is 12.7. The molecule has 156 valence electrons. The van der Waals surface area contributed by atoms with E-state index in [1.165, 1.54) is 10.6 Å². The Kier molecular flexibility index (Phi) is 5.11. The molecule has 0 fully saturated rings. The number of rotatable bonds is 5. The Morgan fingerprint density at radius 1 is 1.13 bits per heavy atom. The van der Waals surface area contributed by atoms with E-state index in [1.807, 2.05) is 48.9 Å². The van der Waals surface area contributed by atoms with Crippen molar-refractivity contribution in [1.82, 2.24) is 15.1 Å². The third-order valence-electron chi connectivity index (χ3n) is 5.46. The van der Waals surface area contributed by atoms with E-state index in [2.05, 4.69) is 10.4 Å². The van der Waals surface area contributed by atoms with Gasteiger partial charge in [0, 0.05) is 29.9 Å². The quantitative estimate of drug-likeness (QED) is 0.683. The van der Waals surface area contributed by atoms with Gasteiger partial charge in [0.1, 0.15) is 0 Å². The second-order valence-electron chi connectivity index (χ2n) is 7.51. The number of nitrogens with one attached hydrogen (secondary N) is 1. The van der Waals surface area contributed by atoms with Crippen LogP contribution in [-0.4, -0.2) is 36.9 Å². The third kappa shape index (κ3) is 3.70. The second kappa shape index (κ2) is 7.60. The van der Waals surface area contributed by atoms with E-state index in [-0.39, 0.29) is 5.91 Å². The molecule has 1 aliphatic heterocycles. The number of sulfonamides is 1. The molecule has 0 atom stereocenters. The molecule has 0 unspecified atom stereocenters.